The van der Waals surface area contributed by atoms with Crippen molar-refractivity contribution in [3.8, 4) is 0 Å². The van der Waals surface area contributed by atoms with E-state index in [0.717, 1.165) is 23.2 Å². The number of rotatable bonds is 5. The first-order chi connectivity index (χ1) is 11.3. The third kappa shape index (κ3) is 4.70. The van der Waals surface area contributed by atoms with Gasteiger partial charge in [-0.05, 0) is 11.5 Å². The number of nitrogens with zero attached hydrogens (tertiary/aromatic N) is 3. The van der Waals surface area contributed by atoms with Crippen molar-refractivity contribution in [3.05, 3.63) is 59.4 Å². The Morgan fingerprint density at radius 2 is 2.08 bits per heavy atom. The van der Waals surface area contributed by atoms with Crippen molar-refractivity contribution >= 4 is 46.2 Å². The van der Waals surface area contributed by atoms with Crippen LogP contribution in [0.15, 0.2) is 53.1 Å². The van der Waals surface area contributed by atoms with Crippen LogP contribution in [0.1, 0.15) is 24.1 Å². The summed E-state index contributed by atoms with van der Waals surface area (Å²) in [6, 6.07) is 10.5. The lowest BCUT2D eigenvalue weighted by Crippen LogP contribution is -2.38. The zero-order valence-electron chi connectivity index (χ0n) is 13.8. The van der Waals surface area contributed by atoms with Crippen molar-refractivity contribution in [3.63, 3.8) is 0 Å². The molecule has 128 valence electrons. The average Bonchev–Trinajstić information content (AvgIpc) is 3.17. The molecule has 1 atom stereocenters. The smallest absolute Gasteiger partial charge is 0.193 e. The number of guanidine groups is 1. The Kier molecular flexibility index (Phi) is 7.04. The molecule has 2 aromatic heterocycles. The predicted octanol–water partition coefficient (Wildman–Crippen LogP) is 3.48. The number of imidazole rings is 1. The molecule has 0 fully saturated rings. The molecule has 3 rings (SSSR count). The molecule has 0 spiro atoms. The SMILES string of the molecule is CN=C(NCc1cn2ccsc2n1)NCC(C)c1ccccc1.I. The molecule has 0 amide bonds. The van der Waals surface area contributed by atoms with Crippen LogP contribution in [0.4, 0.5) is 0 Å². The highest BCUT2D eigenvalue weighted by atomic mass is 127. The lowest BCUT2D eigenvalue weighted by Gasteiger charge is -2.16. The van der Waals surface area contributed by atoms with Gasteiger partial charge in [0.15, 0.2) is 10.9 Å². The van der Waals surface area contributed by atoms with Crippen LogP contribution in [-0.2, 0) is 6.54 Å². The second-order valence-corrected chi connectivity index (χ2v) is 6.32. The van der Waals surface area contributed by atoms with Crippen LogP contribution in [0.25, 0.3) is 4.96 Å². The summed E-state index contributed by atoms with van der Waals surface area (Å²) in [5.74, 6) is 1.22. The first-order valence-corrected chi connectivity index (χ1v) is 8.55. The van der Waals surface area contributed by atoms with E-state index in [1.807, 2.05) is 28.2 Å². The molecule has 1 unspecified atom stereocenters. The summed E-state index contributed by atoms with van der Waals surface area (Å²) in [6.45, 7) is 3.70. The van der Waals surface area contributed by atoms with Crippen molar-refractivity contribution < 1.29 is 0 Å². The molecule has 3 aromatic rings. The van der Waals surface area contributed by atoms with Crippen molar-refractivity contribution in [2.45, 2.75) is 19.4 Å². The van der Waals surface area contributed by atoms with Gasteiger partial charge in [0.05, 0.1) is 12.2 Å². The lowest BCUT2D eigenvalue weighted by atomic mass is 10.0. The topological polar surface area (TPSA) is 53.7 Å². The summed E-state index contributed by atoms with van der Waals surface area (Å²) in [6.07, 6.45) is 4.06. The maximum absolute atomic E-state index is 4.56. The maximum Gasteiger partial charge on any atom is 0.193 e. The van der Waals surface area contributed by atoms with Crippen LogP contribution >= 0.6 is 35.3 Å². The van der Waals surface area contributed by atoms with Crippen LogP contribution in [0, 0.1) is 0 Å². The molecule has 0 aliphatic heterocycles. The molecule has 5 nitrogen and oxygen atoms in total. The Labute approximate surface area is 163 Å². The fraction of sp³-hybridized carbons (Fsp3) is 0.294. The number of aromatic nitrogens is 2. The van der Waals surface area contributed by atoms with Crippen LogP contribution < -0.4 is 10.6 Å². The van der Waals surface area contributed by atoms with E-state index in [0.29, 0.717) is 12.5 Å². The van der Waals surface area contributed by atoms with Gasteiger partial charge in [0.25, 0.3) is 0 Å². The van der Waals surface area contributed by atoms with Crippen molar-refractivity contribution in [2.24, 2.45) is 4.99 Å². The van der Waals surface area contributed by atoms with Gasteiger partial charge < -0.3 is 10.6 Å². The number of hydrogen-bond donors (Lipinski definition) is 2. The van der Waals surface area contributed by atoms with E-state index in [4.69, 9.17) is 0 Å². The van der Waals surface area contributed by atoms with E-state index in [2.05, 4.69) is 51.8 Å². The summed E-state index contributed by atoms with van der Waals surface area (Å²) in [5, 5.41) is 8.72. The molecule has 24 heavy (non-hydrogen) atoms. The fourth-order valence-electron chi connectivity index (χ4n) is 2.41. The molecule has 0 bridgehead atoms. The minimum absolute atomic E-state index is 0. The number of hydrogen-bond acceptors (Lipinski definition) is 3. The maximum atomic E-state index is 4.56. The third-order valence-corrected chi connectivity index (χ3v) is 4.52. The van der Waals surface area contributed by atoms with Gasteiger partial charge in [0, 0.05) is 31.4 Å². The van der Waals surface area contributed by atoms with Crippen LogP contribution in [0.3, 0.4) is 0 Å². The fourth-order valence-corrected chi connectivity index (χ4v) is 3.12. The number of fused-ring (bicyclic) bond motifs is 1. The molecule has 0 aliphatic rings. The monoisotopic (exact) mass is 455 g/mol. The second-order valence-electron chi connectivity index (χ2n) is 5.44. The molecule has 7 heteroatoms. The summed E-state index contributed by atoms with van der Waals surface area (Å²) in [7, 11) is 1.79. The molecular formula is C17H22IN5S. The first-order valence-electron chi connectivity index (χ1n) is 7.67. The van der Waals surface area contributed by atoms with Crippen molar-refractivity contribution in [2.75, 3.05) is 13.6 Å². The lowest BCUT2D eigenvalue weighted by molar-refractivity contribution is 0.697. The van der Waals surface area contributed by atoms with E-state index in [-0.39, 0.29) is 24.0 Å². The minimum atomic E-state index is 0. The molecule has 0 radical (unpaired) electrons. The molecule has 1 aromatic carbocycles. The van der Waals surface area contributed by atoms with Crippen LogP contribution in [-0.4, -0.2) is 28.9 Å². The Morgan fingerprint density at radius 3 is 2.79 bits per heavy atom. The van der Waals surface area contributed by atoms with Gasteiger partial charge in [-0.15, -0.1) is 35.3 Å². The van der Waals surface area contributed by atoms with E-state index >= 15 is 0 Å². The van der Waals surface area contributed by atoms with Gasteiger partial charge in [-0.2, -0.15) is 0 Å². The Morgan fingerprint density at radius 1 is 1.29 bits per heavy atom. The Bertz CT molecular complexity index is 752. The van der Waals surface area contributed by atoms with Crippen LogP contribution in [0.5, 0.6) is 0 Å². The quantitative estimate of drug-likeness (QED) is 0.352. The summed E-state index contributed by atoms with van der Waals surface area (Å²) < 4.78 is 2.04. The Balaban J connectivity index is 0.00000208. The zero-order valence-corrected chi connectivity index (χ0v) is 16.9. The van der Waals surface area contributed by atoms with Gasteiger partial charge in [-0.3, -0.25) is 9.39 Å². The summed E-state index contributed by atoms with van der Waals surface area (Å²) >= 11 is 1.64. The minimum Gasteiger partial charge on any atom is -0.356 e. The molecule has 0 aliphatic carbocycles. The van der Waals surface area contributed by atoms with E-state index in [1.165, 1.54) is 5.56 Å². The van der Waals surface area contributed by atoms with Gasteiger partial charge in [0.1, 0.15) is 0 Å². The largest absolute Gasteiger partial charge is 0.356 e. The molecule has 2 N–H and O–H groups in total. The van der Waals surface area contributed by atoms with Gasteiger partial charge in [0.2, 0.25) is 0 Å². The third-order valence-electron chi connectivity index (χ3n) is 3.75. The van der Waals surface area contributed by atoms with Gasteiger partial charge >= 0.3 is 0 Å². The van der Waals surface area contributed by atoms with Crippen molar-refractivity contribution in [1.82, 2.24) is 20.0 Å². The summed E-state index contributed by atoms with van der Waals surface area (Å²) in [5.41, 5.74) is 2.33. The van der Waals surface area contributed by atoms with E-state index in [9.17, 15) is 0 Å². The van der Waals surface area contributed by atoms with Gasteiger partial charge in [-0.1, -0.05) is 37.3 Å². The highest BCUT2D eigenvalue weighted by molar-refractivity contribution is 14.0. The average molecular weight is 455 g/mol. The second kappa shape index (κ2) is 9.03. The number of thiazole rings is 1. The number of benzene rings is 1. The summed E-state index contributed by atoms with van der Waals surface area (Å²) in [4.78, 5) is 9.85. The standard InChI is InChI=1S/C17H21N5S.HI/c1-13(14-6-4-3-5-7-14)10-19-16(18-2)20-11-15-12-22-8-9-23-17(22)21-15;/h3-9,12-13H,10-11H2,1-2H3,(H2,18,19,20);1H. The first kappa shape index (κ1) is 18.7. The normalized spacial score (nSPS) is 12.7. The molecule has 2 heterocycles. The van der Waals surface area contributed by atoms with Crippen molar-refractivity contribution in [1.29, 1.82) is 0 Å². The van der Waals surface area contributed by atoms with E-state index in [1.54, 1.807) is 18.4 Å². The van der Waals surface area contributed by atoms with Crippen LogP contribution in [0.2, 0.25) is 0 Å². The highest BCUT2D eigenvalue weighted by Gasteiger charge is 2.07. The number of nitrogens with one attached hydrogen (secondary N) is 2. The highest BCUT2D eigenvalue weighted by Crippen LogP contribution is 2.13. The zero-order chi connectivity index (χ0) is 16.1. The molecular weight excluding hydrogens is 433 g/mol. The molecule has 0 saturated carbocycles. The van der Waals surface area contributed by atoms with Gasteiger partial charge in [-0.25, -0.2) is 4.98 Å². The van der Waals surface area contributed by atoms with E-state index < -0.39 is 0 Å². The Hall–Kier alpha value is -1.61. The predicted molar refractivity (Wildman–Crippen MR) is 112 cm³/mol. The molecule has 0 saturated heterocycles. The number of halogens is 1. The number of aliphatic imine (C=N–C) groups is 1.